The molecule has 2 aromatic rings. The minimum Gasteiger partial charge on any atom is -0.598 e. The summed E-state index contributed by atoms with van der Waals surface area (Å²) in [7, 11) is 1.55. The number of imidazole rings is 1. The van der Waals surface area contributed by atoms with Crippen LogP contribution in [-0.4, -0.2) is 54.7 Å². The van der Waals surface area contributed by atoms with Gasteiger partial charge in [-0.15, -0.1) is 4.72 Å². The summed E-state index contributed by atoms with van der Waals surface area (Å²) in [5, 5.41) is 16.1. The normalized spacial score (nSPS) is 19.8. The summed E-state index contributed by atoms with van der Waals surface area (Å²) in [6, 6.07) is 0.645. The maximum Gasteiger partial charge on any atom is 0.405 e. The Hall–Kier alpha value is -2.02. The number of rotatable bonds is 8. The number of carboxylic acid groups (broad SMARTS) is 1. The molecule has 0 bridgehead atoms. The Labute approximate surface area is 194 Å². The number of methoxy groups -OCH3 is 1. The molecule has 1 amide bonds. The molecule has 2 heterocycles. The van der Waals surface area contributed by atoms with Gasteiger partial charge in [-0.25, -0.2) is 23.1 Å². The van der Waals surface area contributed by atoms with Gasteiger partial charge in [0.15, 0.2) is 5.65 Å². The van der Waals surface area contributed by atoms with E-state index in [2.05, 4.69) is 20.1 Å². The van der Waals surface area contributed by atoms with Gasteiger partial charge in [0.2, 0.25) is 5.92 Å². The molecule has 3 rings (SSSR count). The van der Waals surface area contributed by atoms with E-state index in [1.54, 1.807) is 25.6 Å². The van der Waals surface area contributed by atoms with Crippen LogP contribution in [0, 0.1) is 5.92 Å². The summed E-state index contributed by atoms with van der Waals surface area (Å²) in [4.78, 5) is 16.0. The molecule has 0 aliphatic heterocycles. The first kappa shape index (κ1) is 25.6. The smallest absolute Gasteiger partial charge is 0.405 e. The summed E-state index contributed by atoms with van der Waals surface area (Å²) in [5.41, 5.74) is 1.59. The third-order valence-corrected chi connectivity index (χ3v) is 7.34. The molecule has 0 spiro atoms. The largest absolute Gasteiger partial charge is 0.598 e. The quantitative estimate of drug-likeness (QED) is 0.486. The summed E-state index contributed by atoms with van der Waals surface area (Å²) >= 11 is -1.34. The summed E-state index contributed by atoms with van der Waals surface area (Å²) < 4.78 is 49.2. The van der Waals surface area contributed by atoms with E-state index in [1.165, 1.54) is 4.52 Å². The number of amides is 1. The van der Waals surface area contributed by atoms with E-state index in [1.807, 2.05) is 20.8 Å². The van der Waals surface area contributed by atoms with Crippen molar-refractivity contribution in [2.45, 2.75) is 69.2 Å². The highest BCUT2D eigenvalue weighted by molar-refractivity contribution is 7.90. The number of alkyl halides is 2. The van der Waals surface area contributed by atoms with Crippen LogP contribution in [0.3, 0.4) is 0 Å². The van der Waals surface area contributed by atoms with Crippen LogP contribution in [0.4, 0.5) is 13.6 Å². The lowest BCUT2D eigenvalue weighted by atomic mass is 9.81. The van der Waals surface area contributed by atoms with E-state index in [0.29, 0.717) is 16.9 Å². The van der Waals surface area contributed by atoms with E-state index in [0.717, 1.165) is 0 Å². The highest BCUT2D eigenvalue weighted by Crippen LogP contribution is 2.41. The van der Waals surface area contributed by atoms with E-state index in [9.17, 15) is 23.2 Å². The Balaban J connectivity index is 1.88. The molecule has 2 unspecified atom stereocenters. The van der Waals surface area contributed by atoms with Crippen LogP contribution in [0.1, 0.15) is 69.8 Å². The molecule has 12 heteroatoms. The molecule has 3 atom stereocenters. The average molecular weight is 488 g/mol. The van der Waals surface area contributed by atoms with Crippen LogP contribution in [-0.2, 0) is 16.1 Å². The Kier molecular flexibility index (Phi) is 7.82. The Morgan fingerprint density at radius 2 is 2.09 bits per heavy atom. The molecule has 1 fully saturated rings. The van der Waals surface area contributed by atoms with Gasteiger partial charge in [-0.2, -0.15) is 5.10 Å². The monoisotopic (exact) mass is 487 g/mol. The third kappa shape index (κ3) is 6.52. The second-order valence-corrected chi connectivity index (χ2v) is 11.4. The van der Waals surface area contributed by atoms with Crippen molar-refractivity contribution in [3.63, 3.8) is 0 Å². The van der Waals surface area contributed by atoms with Crippen LogP contribution >= 0.6 is 0 Å². The molecule has 2 aromatic heterocycles. The maximum absolute atomic E-state index is 13.6. The van der Waals surface area contributed by atoms with Crippen molar-refractivity contribution in [3.05, 3.63) is 29.7 Å². The van der Waals surface area contributed by atoms with E-state index in [-0.39, 0.29) is 38.2 Å². The second kappa shape index (κ2) is 10.1. The molecule has 3 N–H and O–H groups in total. The van der Waals surface area contributed by atoms with Crippen LogP contribution < -0.4 is 10.0 Å². The Bertz CT molecular complexity index is 958. The van der Waals surface area contributed by atoms with Crippen LogP contribution in [0.15, 0.2) is 18.5 Å². The van der Waals surface area contributed by atoms with Gasteiger partial charge in [0.1, 0.15) is 10.8 Å². The van der Waals surface area contributed by atoms with Crippen LogP contribution in [0.25, 0.3) is 5.65 Å². The molecule has 0 saturated heterocycles. The number of carbonyl (C=O) groups is 1. The number of hydrogen-bond donors (Lipinski definition) is 3. The van der Waals surface area contributed by atoms with Gasteiger partial charge >= 0.3 is 6.09 Å². The number of ether oxygens (including phenoxy) is 1. The van der Waals surface area contributed by atoms with Crippen LogP contribution in [0.2, 0.25) is 0 Å². The predicted molar refractivity (Wildman–Crippen MR) is 119 cm³/mol. The average Bonchev–Trinajstić information content (AvgIpc) is 3.14. The number of aromatic nitrogens is 3. The third-order valence-electron chi connectivity index (χ3n) is 5.73. The van der Waals surface area contributed by atoms with Crippen molar-refractivity contribution >= 4 is 23.1 Å². The van der Waals surface area contributed by atoms with Crippen molar-refractivity contribution in [2.24, 2.45) is 5.92 Å². The molecular formula is C21H31F2N5O4S. The molecule has 1 aliphatic rings. The van der Waals surface area contributed by atoms with Gasteiger partial charge in [-0.05, 0) is 51.2 Å². The fraction of sp³-hybridized carbons (Fsp3) is 0.667. The molecule has 184 valence electrons. The topological polar surface area (TPSA) is 124 Å². The van der Waals surface area contributed by atoms with Crippen molar-refractivity contribution in [1.29, 1.82) is 0 Å². The first-order valence-corrected chi connectivity index (χ1v) is 11.9. The van der Waals surface area contributed by atoms with Gasteiger partial charge in [0.25, 0.3) is 0 Å². The van der Waals surface area contributed by atoms with E-state index in [4.69, 9.17) is 4.74 Å². The van der Waals surface area contributed by atoms with Gasteiger partial charge in [0, 0.05) is 31.3 Å². The lowest BCUT2D eigenvalue weighted by Crippen LogP contribution is -2.42. The number of halogens is 2. The Morgan fingerprint density at radius 3 is 2.67 bits per heavy atom. The fourth-order valence-corrected chi connectivity index (χ4v) is 4.70. The number of nitrogens with one attached hydrogen (secondary N) is 2. The van der Waals surface area contributed by atoms with Crippen molar-refractivity contribution in [3.8, 4) is 0 Å². The van der Waals surface area contributed by atoms with Gasteiger partial charge in [-0.1, -0.05) is 0 Å². The molecule has 0 aromatic carbocycles. The first-order valence-electron chi connectivity index (χ1n) is 10.8. The molecule has 0 radical (unpaired) electrons. The standard InChI is InChI=1S/C21H31F2N5O4S/c1-20(2,3)33(31)27-16(12-32-4)14-9-17-25-15(11-28(17)24-10-14)18(26-19(29)30)13-5-7-21(22,23)8-6-13/h9-11,13,16,18,26-27H,5-8,12H2,1-4H3,(H,29,30)/t16?,18?,33-/m1/s1. The zero-order chi connectivity index (χ0) is 24.4. The minimum absolute atomic E-state index is 0.197. The lowest BCUT2D eigenvalue weighted by molar-refractivity contribution is -0.0495. The number of nitrogens with zero attached hydrogens (tertiary/aromatic N) is 3. The zero-order valence-corrected chi connectivity index (χ0v) is 20.0. The maximum atomic E-state index is 13.6. The summed E-state index contributed by atoms with van der Waals surface area (Å²) in [6.07, 6.45) is 1.82. The zero-order valence-electron chi connectivity index (χ0n) is 19.2. The highest BCUT2D eigenvalue weighted by atomic mass is 32.2. The number of fused-ring (bicyclic) bond motifs is 1. The second-order valence-electron chi connectivity index (χ2n) is 9.38. The van der Waals surface area contributed by atoms with Gasteiger partial charge in [-0.3, -0.25) is 0 Å². The van der Waals surface area contributed by atoms with Crippen LogP contribution in [0.5, 0.6) is 0 Å². The summed E-state index contributed by atoms with van der Waals surface area (Å²) in [6.45, 7) is 5.84. The van der Waals surface area contributed by atoms with E-state index < -0.39 is 40.2 Å². The van der Waals surface area contributed by atoms with Crippen molar-refractivity contribution in [2.75, 3.05) is 13.7 Å². The minimum atomic E-state index is -2.71. The Morgan fingerprint density at radius 1 is 1.42 bits per heavy atom. The molecular weight excluding hydrogens is 456 g/mol. The fourth-order valence-electron chi connectivity index (χ4n) is 3.88. The first-order chi connectivity index (χ1) is 15.4. The lowest BCUT2D eigenvalue weighted by Gasteiger charge is -2.32. The highest BCUT2D eigenvalue weighted by Gasteiger charge is 2.39. The van der Waals surface area contributed by atoms with Crippen molar-refractivity contribution < 1.29 is 28.0 Å². The SMILES string of the molecule is COCC(N[S@+]([O-])C(C)(C)C)c1cnn2cc(C(NC(=O)O)C3CCC(F)(F)CC3)nc2c1. The van der Waals surface area contributed by atoms with Crippen molar-refractivity contribution in [1.82, 2.24) is 24.6 Å². The molecule has 1 aliphatic carbocycles. The molecule has 33 heavy (non-hydrogen) atoms. The number of hydrogen-bond acceptors (Lipinski definition) is 6. The summed E-state index contributed by atoms with van der Waals surface area (Å²) in [5.74, 6) is -3.00. The van der Waals surface area contributed by atoms with Gasteiger partial charge < -0.3 is 19.7 Å². The molecule has 1 saturated carbocycles. The van der Waals surface area contributed by atoms with E-state index >= 15 is 0 Å². The van der Waals surface area contributed by atoms with Gasteiger partial charge in [0.05, 0.1) is 30.7 Å². The molecule has 9 nitrogen and oxygen atoms in total. The predicted octanol–water partition coefficient (Wildman–Crippen LogP) is 3.60.